The number of anilines is 3. The minimum atomic E-state index is 0.898. The van der Waals surface area contributed by atoms with E-state index < -0.39 is 0 Å². The van der Waals surface area contributed by atoms with Crippen molar-refractivity contribution in [1.29, 1.82) is 0 Å². The lowest BCUT2D eigenvalue weighted by Gasteiger charge is -2.26. The maximum Gasteiger partial charge on any atom is 0.136 e. The molecule has 0 fully saturated rings. The minimum absolute atomic E-state index is 0.898. The Morgan fingerprint density at radius 1 is 0.267 bits per heavy atom. The maximum absolute atomic E-state index is 6.31. The number of para-hydroxylation sites is 1. The van der Waals surface area contributed by atoms with E-state index in [4.69, 9.17) is 4.42 Å². The van der Waals surface area contributed by atoms with E-state index in [1.165, 1.54) is 49.7 Å². The minimum Gasteiger partial charge on any atom is -0.456 e. The SMILES string of the molecule is c1ccc(-c2cccc(N(c3ccc(-c4ccc(-c5cccc6oc7ccccc7c56)c(-c5ccccc5)c4)cc3)c3ccc(-c4cccc5ccccc45)cc3)c2)cc1. The van der Waals surface area contributed by atoms with Crippen molar-refractivity contribution < 1.29 is 4.42 Å². The number of nitrogens with zero attached hydrogens (tertiary/aromatic N) is 1. The molecule has 0 atom stereocenters. The highest BCUT2D eigenvalue weighted by Crippen LogP contribution is 2.43. The third kappa shape index (κ3) is 6.41. The molecule has 1 heterocycles. The van der Waals surface area contributed by atoms with Gasteiger partial charge in [-0.05, 0) is 121 Å². The molecule has 0 unspecified atom stereocenters. The zero-order chi connectivity index (χ0) is 39.8. The fraction of sp³-hybridized carbons (Fsp3) is 0. The van der Waals surface area contributed by atoms with Crippen molar-refractivity contribution >= 4 is 49.8 Å². The Bertz CT molecular complexity index is 3290. The van der Waals surface area contributed by atoms with Crippen molar-refractivity contribution in [1.82, 2.24) is 0 Å². The van der Waals surface area contributed by atoms with Gasteiger partial charge in [0.1, 0.15) is 11.2 Å². The molecule has 2 nitrogen and oxygen atoms in total. The summed E-state index contributed by atoms with van der Waals surface area (Å²) < 4.78 is 6.31. The average molecular weight is 766 g/mol. The molecule has 282 valence electrons. The summed E-state index contributed by atoms with van der Waals surface area (Å²) in [5, 5.41) is 4.77. The highest BCUT2D eigenvalue weighted by Gasteiger charge is 2.18. The zero-order valence-corrected chi connectivity index (χ0v) is 32.9. The average Bonchev–Trinajstić information content (AvgIpc) is 3.72. The summed E-state index contributed by atoms with van der Waals surface area (Å²) in [6, 6.07) is 84.9. The van der Waals surface area contributed by atoms with Crippen LogP contribution in [0.3, 0.4) is 0 Å². The standard InChI is InChI=1S/C58H39NO/c1-3-14-40(15-4-1)45-20-11-21-49(38-45)59(48-35-30-44(31-36-48)51-24-12-19-42-18-7-8-22-50(42)51)47-33-28-41(29-34-47)46-32-37-52(55(39-46)43-16-5-2-6-17-43)53-25-13-27-57-58(53)54-23-9-10-26-56(54)60-57/h1-39H. The van der Waals surface area contributed by atoms with Crippen molar-refractivity contribution in [2.75, 3.05) is 4.90 Å². The Balaban J connectivity index is 1.00. The molecule has 2 heteroatoms. The molecule has 1 aromatic heterocycles. The second-order valence-electron chi connectivity index (χ2n) is 15.3. The summed E-state index contributed by atoms with van der Waals surface area (Å²) in [7, 11) is 0. The quantitative estimate of drug-likeness (QED) is 0.153. The Morgan fingerprint density at radius 3 is 1.57 bits per heavy atom. The first kappa shape index (κ1) is 35.2. The third-order valence-electron chi connectivity index (χ3n) is 11.7. The van der Waals surface area contributed by atoms with E-state index in [0.29, 0.717) is 0 Å². The molecule has 0 bridgehead atoms. The van der Waals surface area contributed by atoms with Gasteiger partial charge in [-0.1, -0.05) is 182 Å². The number of rotatable bonds is 8. The van der Waals surface area contributed by atoms with E-state index in [2.05, 4.69) is 229 Å². The summed E-state index contributed by atoms with van der Waals surface area (Å²) >= 11 is 0. The van der Waals surface area contributed by atoms with Gasteiger partial charge >= 0.3 is 0 Å². The highest BCUT2D eigenvalue weighted by atomic mass is 16.3. The molecule has 0 radical (unpaired) electrons. The normalized spacial score (nSPS) is 11.3. The van der Waals surface area contributed by atoms with Crippen LogP contribution in [0.15, 0.2) is 241 Å². The molecule has 0 spiro atoms. The topological polar surface area (TPSA) is 16.4 Å². The van der Waals surface area contributed by atoms with Gasteiger partial charge in [-0.2, -0.15) is 0 Å². The highest BCUT2D eigenvalue weighted by molar-refractivity contribution is 6.13. The molecule has 60 heavy (non-hydrogen) atoms. The van der Waals surface area contributed by atoms with E-state index in [1.807, 2.05) is 12.1 Å². The largest absolute Gasteiger partial charge is 0.456 e. The molecular weight excluding hydrogens is 727 g/mol. The second-order valence-corrected chi connectivity index (χ2v) is 15.3. The predicted octanol–water partition coefficient (Wildman–Crippen LogP) is 16.5. The molecule has 0 N–H and O–H groups in total. The van der Waals surface area contributed by atoms with Crippen molar-refractivity contribution in [2.24, 2.45) is 0 Å². The number of benzene rings is 10. The van der Waals surface area contributed by atoms with E-state index in [1.54, 1.807) is 0 Å². The van der Waals surface area contributed by atoms with E-state index in [-0.39, 0.29) is 0 Å². The van der Waals surface area contributed by atoms with Crippen LogP contribution in [0.1, 0.15) is 0 Å². The predicted molar refractivity (Wildman–Crippen MR) is 253 cm³/mol. The lowest BCUT2D eigenvalue weighted by Crippen LogP contribution is -2.10. The molecule has 0 aliphatic carbocycles. The number of furan rings is 1. The zero-order valence-electron chi connectivity index (χ0n) is 32.9. The van der Waals surface area contributed by atoms with E-state index in [9.17, 15) is 0 Å². The molecule has 0 saturated carbocycles. The lowest BCUT2D eigenvalue weighted by molar-refractivity contribution is 0.669. The van der Waals surface area contributed by atoms with Gasteiger partial charge in [0.05, 0.1) is 0 Å². The Labute approximate surface area is 349 Å². The Morgan fingerprint density at radius 2 is 0.783 bits per heavy atom. The van der Waals surface area contributed by atoms with Crippen molar-refractivity contribution in [3.63, 3.8) is 0 Å². The summed E-state index contributed by atoms with van der Waals surface area (Å²) in [4.78, 5) is 2.36. The van der Waals surface area contributed by atoms with Crippen LogP contribution in [0, 0.1) is 0 Å². The fourth-order valence-corrected chi connectivity index (χ4v) is 8.79. The van der Waals surface area contributed by atoms with Crippen molar-refractivity contribution in [3.8, 4) is 55.6 Å². The summed E-state index contributed by atoms with van der Waals surface area (Å²) in [5.41, 5.74) is 16.9. The van der Waals surface area contributed by atoms with Crippen LogP contribution in [0.5, 0.6) is 0 Å². The number of fused-ring (bicyclic) bond motifs is 4. The molecule has 11 aromatic rings. The lowest BCUT2D eigenvalue weighted by atomic mass is 9.89. The molecular formula is C58H39NO. The van der Waals surface area contributed by atoms with Crippen LogP contribution in [-0.4, -0.2) is 0 Å². The van der Waals surface area contributed by atoms with Gasteiger partial charge in [0.2, 0.25) is 0 Å². The van der Waals surface area contributed by atoms with Crippen LogP contribution >= 0.6 is 0 Å². The van der Waals surface area contributed by atoms with Crippen LogP contribution in [-0.2, 0) is 0 Å². The summed E-state index contributed by atoms with van der Waals surface area (Å²) in [6.45, 7) is 0. The van der Waals surface area contributed by atoms with Gasteiger partial charge < -0.3 is 9.32 Å². The first-order chi connectivity index (χ1) is 29.7. The Kier molecular flexibility index (Phi) is 8.87. The van der Waals surface area contributed by atoms with E-state index in [0.717, 1.165) is 55.7 Å². The summed E-state index contributed by atoms with van der Waals surface area (Å²) in [6.07, 6.45) is 0. The summed E-state index contributed by atoms with van der Waals surface area (Å²) in [5.74, 6) is 0. The first-order valence-corrected chi connectivity index (χ1v) is 20.5. The number of hydrogen-bond donors (Lipinski definition) is 0. The monoisotopic (exact) mass is 765 g/mol. The van der Waals surface area contributed by atoms with Gasteiger partial charge in [0.15, 0.2) is 0 Å². The molecule has 0 amide bonds. The molecule has 0 aliphatic heterocycles. The third-order valence-corrected chi connectivity index (χ3v) is 11.7. The Hall–Kier alpha value is -7.94. The van der Waals surface area contributed by atoms with Gasteiger partial charge in [-0.3, -0.25) is 0 Å². The van der Waals surface area contributed by atoms with Crippen LogP contribution < -0.4 is 4.90 Å². The smallest absolute Gasteiger partial charge is 0.136 e. The van der Waals surface area contributed by atoms with Gasteiger partial charge in [-0.15, -0.1) is 0 Å². The molecule has 0 saturated heterocycles. The number of hydrogen-bond acceptors (Lipinski definition) is 2. The van der Waals surface area contributed by atoms with Gasteiger partial charge in [0.25, 0.3) is 0 Å². The maximum atomic E-state index is 6.31. The van der Waals surface area contributed by atoms with Gasteiger partial charge in [0, 0.05) is 27.8 Å². The fourth-order valence-electron chi connectivity index (χ4n) is 8.79. The first-order valence-electron chi connectivity index (χ1n) is 20.5. The van der Waals surface area contributed by atoms with Crippen LogP contribution in [0.25, 0.3) is 88.3 Å². The van der Waals surface area contributed by atoms with Crippen LogP contribution in [0.2, 0.25) is 0 Å². The van der Waals surface area contributed by atoms with Crippen molar-refractivity contribution in [2.45, 2.75) is 0 Å². The molecule has 0 aliphatic rings. The van der Waals surface area contributed by atoms with Crippen molar-refractivity contribution in [3.05, 3.63) is 237 Å². The molecule has 11 rings (SSSR count). The molecule has 10 aromatic carbocycles. The van der Waals surface area contributed by atoms with Crippen LogP contribution in [0.4, 0.5) is 17.1 Å². The van der Waals surface area contributed by atoms with E-state index >= 15 is 0 Å². The van der Waals surface area contributed by atoms with Gasteiger partial charge in [-0.25, -0.2) is 0 Å². The second kappa shape index (κ2) is 15.1.